The molecule has 1 aromatic rings. The van der Waals surface area contributed by atoms with Crippen molar-refractivity contribution in [2.75, 3.05) is 26.8 Å². The normalized spacial score (nSPS) is 20.1. The highest BCUT2D eigenvalue weighted by atomic mass is 16.5. The van der Waals surface area contributed by atoms with E-state index in [1.807, 2.05) is 6.20 Å². The second kappa shape index (κ2) is 8.47. The molecular formula is C17H29N3O. The van der Waals surface area contributed by atoms with Crippen LogP contribution < -0.4 is 5.32 Å². The quantitative estimate of drug-likeness (QED) is 0.837. The first-order valence-corrected chi connectivity index (χ1v) is 8.06. The molecule has 1 fully saturated rings. The van der Waals surface area contributed by atoms with E-state index in [9.17, 15) is 0 Å². The van der Waals surface area contributed by atoms with E-state index in [4.69, 9.17) is 4.74 Å². The van der Waals surface area contributed by atoms with E-state index >= 15 is 0 Å². The minimum absolute atomic E-state index is 0.510. The van der Waals surface area contributed by atoms with Gasteiger partial charge < -0.3 is 10.1 Å². The van der Waals surface area contributed by atoms with Crippen molar-refractivity contribution >= 4 is 0 Å². The van der Waals surface area contributed by atoms with Crippen LogP contribution >= 0.6 is 0 Å². The van der Waals surface area contributed by atoms with Crippen LogP contribution in [0.15, 0.2) is 18.3 Å². The summed E-state index contributed by atoms with van der Waals surface area (Å²) in [6.07, 6.45) is 4.56. The molecule has 0 aliphatic carbocycles. The monoisotopic (exact) mass is 291 g/mol. The van der Waals surface area contributed by atoms with Gasteiger partial charge in [0, 0.05) is 39.0 Å². The van der Waals surface area contributed by atoms with Crippen molar-refractivity contribution in [2.45, 2.75) is 45.8 Å². The summed E-state index contributed by atoms with van der Waals surface area (Å²) in [6, 6.07) is 4.86. The molecular weight excluding hydrogens is 262 g/mol. The zero-order valence-electron chi connectivity index (χ0n) is 13.6. The van der Waals surface area contributed by atoms with Crippen LogP contribution in [0.2, 0.25) is 0 Å². The third-order valence-corrected chi connectivity index (χ3v) is 3.99. The van der Waals surface area contributed by atoms with Crippen molar-refractivity contribution in [3.8, 4) is 0 Å². The summed E-state index contributed by atoms with van der Waals surface area (Å²) in [5.41, 5.74) is 2.42. The molecule has 1 aliphatic heterocycles. The average molecular weight is 291 g/mol. The maximum absolute atomic E-state index is 5.29. The number of aromatic nitrogens is 1. The van der Waals surface area contributed by atoms with Gasteiger partial charge in [-0.05, 0) is 36.9 Å². The van der Waals surface area contributed by atoms with Crippen molar-refractivity contribution in [3.63, 3.8) is 0 Å². The highest BCUT2D eigenvalue weighted by Gasteiger charge is 2.19. The Kier molecular flexibility index (Phi) is 6.61. The van der Waals surface area contributed by atoms with Gasteiger partial charge in [-0.1, -0.05) is 19.9 Å². The van der Waals surface area contributed by atoms with Crippen LogP contribution in [0.3, 0.4) is 0 Å². The van der Waals surface area contributed by atoms with Gasteiger partial charge >= 0.3 is 0 Å². The van der Waals surface area contributed by atoms with Gasteiger partial charge in [-0.25, -0.2) is 0 Å². The topological polar surface area (TPSA) is 37.4 Å². The minimum atomic E-state index is 0.510. The minimum Gasteiger partial charge on any atom is -0.384 e. The first-order valence-electron chi connectivity index (χ1n) is 8.06. The van der Waals surface area contributed by atoms with Gasteiger partial charge in [-0.3, -0.25) is 9.88 Å². The average Bonchev–Trinajstić information content (AvgIpc) is 2.47. The molecule has 4 nitrogen and oxygen atoms in total. The Labute approximate surface area is 128 Å². The molecule has 1 saturated heterocycles. The summed E-state index contributed by atoms with van der Waals surface area (Å²) in [7, 11) is 1.80. The molecule has 1 aliphatic rings. The van der Waals surface area contributed by atoms with Gasteiger partial charge in [-0.2, -0.15) is 0 Å². The fraction of sp³-hybridized carbons (Fsp3) is 0.706. The van der Waals surface area contributed by atoms with E-state index in [2.05, 4.69) is 41.2 Å². The Balaban J connectivity index is 1.82. The van der Waals surface area contributed by atoms with E-state index < -0.39 is 0 Å². The smallest absolute Gasteiger partial charge is 0.0544 e. The van der Waals surface area contributed by atoms with Crippen molar-refractivity contribution < 1.29 is 4.74 Å². The predicted molar refractivity (Wildman–Crippen MR) is 86.1 cm³/mol. The Morgan fingerprint density at radius 3 is 2.95 bits per heavy atom. The fourth-order valence-electron chi connectivity index (χ4n) is 2.87. The zero-order valence-corrected chi connectivity index (χ0v) is 13.6. The number of nitrogens with zero attached hydrogens (tertiary/aromatic N) is 2. The van der Waals surface area contributed by atoms with Crippen molar-refractivity contribution in [2.24, 2.45) is 5.92 Å². The molecule has 0 saturated carbocycles. The summed E-state index contributed by atoms with van der Waals surface area (Å²) < 4.78 is 5.29. The lowest BCUT2D eigenvalue weighted by molar-refractivity contribution is 0.0868. The number of piperidine rings is 1. The number of pyridine rings is 1. The van der Waals surface area contributed by atoms with Crippen LogP contribution in [0.5, 0.6) is 0 Å². The van der Waals surface area contributed by atoms with E-state index in [0.29, 0.717) is 12.0 Å². The van der Waals surface area contributed by atoms with Gasteiger partial charge in [0.25, 0.3) is 0 Å². The Morgan fingerprint density at radius 1 is 1.43 bits per heavy atom. The lowest BCUT2D eigenvalue weighted by Gasteiger charge is -2.32. The van der Waals surface area contributed by atoms with Gasteiger partial charge in [0.05, 0.1) is 12.3 Å². The Morgan fingerprint density at radius 2 is 2.29 bits per heavy atom. The molecule has 0 bridgehead atoms. The Hall–Kier alpha value is -0.970. The molecule has 1 N–H and O–H groups in total. The van der Waals surface area contributed by atoms with Crippen LogP contribution in [0.4, 0.5) is 0 Å². The third kappa shape index (κ3) is 5.73. The number of ether oxygens (including phenoxy) is 1. The lowest BCUT2D eigenvalue weighted by atomic mass is 9.99. The summed E-state index contributed by atoms with van der Waals surface area (Å²) in [6.45, 7) is 9.36. The molecule has 118 valence electrons. The predicted octanol–water partition coefficient (Wildman–Crippen LogP) is 2.44. The third-order valence-electron chi connectivity index (χ3n) is 3.99. The van der Waals surface area contributed by atoms with Crippen LogP contribution in [0.1, 0.15) is 37.9 Å². The summed E-state index contributed by atoms with van der Waals surface area (Å²) >= 11 is 0. The molecule has 0 radical (unpaired) electrons. The molecule has 0 spiro atoms. The van der Waals surface area contributed by atoms with Crippen molar-refractivity contribution in [1.29, 1.82) is 0 Å². The SMILES string of the molecule is COCC1CCCN(Cc2ccc(CNC(C)C)cn2)C1. The fourth-order valence-corrected chi connectivity index (χ4v) is 2.87. The molecule has 0 amide bonds. The first-order chi connectivity index (χ1) is 10.2. The van der Waals surface area contributed by atoms with Crippen LogP contribution in [-0.4, -0.2) is 42.7 Å². The highest BCUT2D eigenvalue weighted by Crippen LogP contribution is 2.18. The zero-order chi connectivity index (χ0) is 15.1. The number of likely N-dealkylation sites (tertiary alicyclic amines) is 1. The maximum atomic E-state index is 5.29. The molecule has 4 heteroatoms. The summed E-state index contributed by atoms with van der Waals surface area (Å²) in [5, 5.41) is 3.42. The molecule has 1 unspecified atom stereocenters. The molecule has 21 heavy (non-hydrogen) atoms. The van der Waals surface area contributed by atoms with Gasteiger partial charge in [0.2, 0.25) is 0 Å². The van der Waals surface area contributed by atoms with Crippen molar-refractivity contribution in [1.82, 2.24) is 15.2 Å². The van der Waals surface area contributed by atoms with Crippen LogP contribution in [0, 0.1) is 5.92 Å². The van der Waals surface area contributed by atoms with E-state index in [0.717, 1.165) is 26.2 Å². The largest absolute Gasteiger partial charge is 0.384 e. The van der Waals surface area contributed by atoms with Crippen LogP contribution in [0.25, 0.3) is 0 Å². The molecule has 2 rings (SSSR count). The molecule has 1 atom stereocenters. The number of methoxy groups -OCH3 is 1. The summed E-state index contributed by atoms with van der Waals surface area (Å²) in [4.78, 5) is 7.11. The van der Waals surface area contributed by atoms with Crippen LogP contribution in [-0.2, 0) is 17.8 Å². The van der Waals surface area contributed by atoms with Gasteiger partial charge in [0.15, 0.2) is 0 Å². The second-order valence-electron chi connectivity index (χ2n) is 6.39. The van der Waals surface area contributed by atoms with Gasteiger partial charge in [0.1, 0.15) is 0 Å². The second-order valence-corrected chi connectivity index (χ2v) is 6.39. The van der Waals surface area contributed by atoms with E-state index in [-0.39, 0.29) is 0 Å². The van der Waals surface area contributed by atoms with Crippen molar-refractivity contribution in [3.05, 3.63) is 29.6 Å². The van der Waals surface area contributed by atoms with Gasteiger partial charge in [-0.15, -0.1) is 0 Å². The Bertz CT molecular complexity index is 403. The molecule has 0 aromatic carbocycles. The van der Waals surface area contributed by atoms with E-state index in [1.165, 1.54) is 30.6 Å². The number of hydrogen-bond acceptors (Lipinski definition) is 4. The molecule has 1 aromatic heterocycles. The number of hydrogen-bond donors (Lipinski definition) is 1. The first kappa shape index (κ1) is 16.4. The number of rotatable bonds is 7. The maximum Gasteiger partial charge on any atom is 0.0544 e. The van der Waals surface area contributed by atoms with E-state index in [1.54, 1.807) is 7.11 Å². The molecule has 2 heterocycles. The summed E-state index contributed by atoms with van der Waals surface area (Å²) in [5.74, 6) is 0.679. The lowest BCUT2D eigenvalue weighted by Crippen LogP contribution is -2.36. The number of nitrogens with one attached hydrogen (secondary N) is 1. The highest BCUT2D eigenvalue weighted by molar-refractivity contribution is 5.14. The standard InChI is InChI=1S/C17H29N3O/c1-14(2)18-9-15-6-7-17(19-10-15)12-20-8-4-5-16(11-20)13-21-3/h6-7,10,14,16,18H,4-5,8-9,11-13H2,1-3H3.